The molecule has 1 saturated carbocycles. The molecule has 0 radical (unpaired) electrons. The van der Waals surface area contributed by atoms with E-state index in [0.29, 0.717) is 80.3 Å². The quantitative estimate of drug-likeness (QED) is 0.0197. The summed E-state index contributed by atoms with van der Waals surface area (Å²) >= 11 is 12.1. The molecule has 0 bridgehead atoms. The van der Waals surface area contributed by atoms with Crippen molar-refractivity contribution in [2.75, 3.05) is 117 Å². The molecule has 680 valence electrons. The number of likely N-dealkylation sites (tertiary alicyclic amines) is 4. The molecule has 4 saturated heterocycles. The van der Waals surface area contributed by atoms with Gasteiger partial charge in [-0.2, -0.15) is 28.1 Å². The van der Waals surface area contributed by atoms with Crippen LogP contribution in [0, 0.1) is 34.6 Å². The van der Waals surface area contributed by atoms with Crippen LogP contribution in [0.25, 0.3) is 67.2 Å². The van der Waals surface area contributed by atoms with Crippen LogP contribution in [0.2, 0.25) is 10.0 Å². The van der Waals surface area contributed by atoms with Gasteiger partial charge >= 0.3 is 6.18 Å². The van der Waals surface area contributed by atoms with E-state index >= 15 is 0 Å². The monoisotopic (exact) mass is 1800 g/mol. The van der Waals surface area contributed by atoms with E-state index in [1.165, 1.54) is 59.4 Å². The van der Waals surface area contributed by atoms with Crippen molar-refractivity contribution in [3.63, 3.8) is 0 Å². The second-order valence-corrected chi connectivity index (χ2v) is 34.4. The highest BCUT2D eigenvalue weighted by atomic mass is 35.5. The third kappa shape index (κ3) is 26.1. The van der Waals surface area contributed by atoms with Crippen molar-refractivity contribution in [3.8, 4) is 56.3 Å². The summed E-state index contributed by atoms with van der Waals surface area (Å²) in [6.45, 7) is 18.8. The van der Waals surface area contributed by atoms with Gasteiger partial charge in [-0.05, 0) is 218 Å². The predicted octanol–water partition coefficient (Wildman–Crippen LogP) is 17.9. The summed E-state index contributed by atoms with van der Waals surface area (Å²) in [5.74, 6) is 3.73. The van der Waals surface area contributed by atoms with E-state index < -0.39 is 11.7 Å². The third-order valence-electron chi connectivity index (χ3n) is 23.9. The van der Waals surface area contributed by atoms with E-state index in [4.69, 9.17) is 51.9 Å². The van der Waals surface area contributed by atoms with Gasteiger partial charge < -0.3 is 69.2 Å². The standard InChI is InChI=1S/C23H24ClN3.C20H23N5O.C19H25N5O.C18H22ClN5O.C18H20F3N5O/c1-15-4-3-5-20(16(15)2)21-14-19(26-22(25)27-21)10-11-23(12-13-23)17-6-8-18(24)9-7-17;21-20-23-14(5-1-2-11-25-12-4-8-19(25)26)13-18(24-20)15-6-3-7-17-16(15)9-10-22-17;1-13-6-7-14(2)15(11-13)16-12-17(23-19(20)22-16)21-8-4-10-24-9-3-5-18(24)25;1-12-5-6-13(19)10-14(12)15-11-16(23-18(20)22-15)21-7-3-9-24-8-2-4-17(24)25;19-18(20,21)13-6-2-1-5-12(13)14-11-15(25-17(22)24-14)23-8-4-10-26-9-3-7-16(26)27/h3-9,14H,10-13H2,1-2H3,(H2,25,26,27);3,6-7,9-10,13,22H,1-2,4-5,8,11-12H2,(H2,21,23,24);6-7,11-12H,3-5,8-10H2,1-2H3,(H3,20,21,22,23);5-6,10-11H,2-4,7-9H2,1H3,(H3,20,21,22,23);1-2,5-6,11H,3-4,7-10H2,(H3,22,23,24,25). The topological polar surface area (TPSA) is 392 Å². The number of nitrogens with one attached hydrogen (secondary N) is 4. The van der Waals surface area contributed by atoms with Crippen molar-refractivity contribution in [3.05, 3.63) is 224 Å². The van der Waals surface area contributed by atoms with Gasteiger partial charge in [0.05, 0.1) is 34.0 Å². The van der Waals surface area contributed by atoms with Gasteiger partial charge in [-0.1, -0.05) is 108 Å². The van der Waals surface area contributed by atoms with Crippen LogP contribution in [0.15, 0.2) is 164 Å². The van der Waals surface area contributed by atoms with E-state index in [-0.39, 0.29) is 58.1 Å². The van der Waals surface area contributed by atoms with Crippen LogP contribution in [0.4, 0.5) is 60.4 Å². The number of H-pyrrole nitrogens is 1. The molecule has 1 aliphatic carbocycles. The molecule has 32 heteroatoms. The van der Waals surface area contributed by atoms with Gasteiger partial charge in [-0.3, -0.25) is 19.2 Å². The fourth-order valence-corrected chi connectivity index (χ4v) is 17.0. The van der Waals surface area contributed by atoms with Gasteiger partial charge in [-0.15, -0.1) is 0 Å². The largest absolute Gasteiger partial charge is 0.417 e. The summed E-state index contributed by atoms with van der Waals surface area (Å²) in [7, 11) is 0. The molecule has 10 heterocycles. The maximum absolute atomic E-state index is 13.2. The van der Waals surface area contributed by atoms with Crippen molar-refractivity contribution >= 4 is 105 Å². The Bertz CT molecular complexity index is 5820. The van der Waals surface area contributed by atoms with E-state index in [1.54, 1.807) is 4.90 Å². The molecule has 14 N–H and O–H groups in total. The molecular weight excluding hydrogens is 1690 g/mol. The normalized spacial score (nSPS) is 14.5. The molecule has 5 aliphatic rings. The first-order valence-corrected chi connectivity index (χ1v) is 45.3. The number of aryl methyl sites for hydroxylation is 6. The lowest BCUT2D eigenvalue weighted by atomic mass is 9.90. The lowest BCUT2D eigenvalue weighted by molar-refractivity contribution is -0.137. The smallest absolute Gasteiger partial charge is 0.370 e. The summed E-state index contributed by atoms with van der Waals surface area (Å²) in [6.07, 6.45) is 13.6. The number of anilines is 8. The predicted molar refractivity (Wildman–Crippen MR) is 511 cm³/mol. The number of carbonyl (C=O) groups excluding carboxylic acids is 4. The van der Waals surface area contributed by atoms with Gasteiger partial charge in [0.2, 0.25) is 53.4 Å². The molecule has 130 heavy (non-hydrogen) atoms. The number of aromatic amines is 1. The van der Waals surface area contributed by atoms with Crippen LogP contribution in [-0.2, 0) is 43.6 Å². The molecule has 0 atom stereocenters. The number of nitrogen functional groups attached to an aromatic ring is 5. The van der Waals surface area contributed by atoms with E-state index in [0.717, 1.165) is 218 Å². The molecule has 5 fully saturated rings. The van der Waals surface area contributed by atoms with Crippen LogP contribution in [0.5, 0.6) is 0 Å². The molecule has 4 amide bonds. The summed E-state index contributed by atoms with van der Waals surface area (Å²) in [5.41, 5.74) is 46.8. The summed E-state index contributed by atoms with van der Waals surface area (Å²) in [5, 5.41) is 12.2. The van der Waals surface area contributed by atoms with Crippen LogP contribution in [0.3, 0.4) is 0 Å². The van der Waals surface area contributed by atoms with Gasteiger partial charge in [0.1, 0.15) is 17.5 Å². The highest BCUT2D eigenvalue weighted by molar-refractivity contribution is 6.31. The minimum atomic E-state index is -4.49. The zero-order valence-corrected chi connectivity index (χ0v) is 75.8. The molecule has 0 unspecified atom stereocenters. The molecular formula is C98H114Cl2F3N23O4. The van der Waals surface area contributed by atoms with Gasteiger partial charge in [0.15, 0.2) is 0 Å². The Morgan fingerprint density at radius 3 is 1.32 bits per heavy atom. The molecule has 12 aromatic rings. The van der Waals surface area contributed by atoms with Crippen molar-refractivity contribution in [1.82, 2.24) is 74.4 Å². The van der Waals surface area contributed by atoms with Gasteiger partial charge in [0.25, 0.3) is 0 Å². The lowest BCUT2D eigenvalue weighted by Gasteiger charge is -2.16. The molecule has 0 spiro atoms. The molecule has 4 aliphatic heterocycles. The zero-order chi connectivity index (χ0) is 92.0. The minimum Gasteiger partial charge on any atom is -0.370 e. The third-order valence-corrected chi connectivity index (χ3v) is 24.4. The Kier molecular flexibility index (Phi) is 32.2. The maximum atomic E-state index is 13.2. The number of alkyl halides is 3. The number of halogens is 5. The Hall–Kier alpha value is -13.1. The van der Waals surface area contributed by atoms with E-state index in [2.05, 4.69) is 165 Å². The van der Waals surface area contributed by atoms with Gasteiger partial charge in [-0.25, -0.2) is 34.9 Å². The number of hydrogen-bond donors (Lipinski definition) is 9. The number of hydrogen-bond acceptors (Lipinski definition) is 22. The second-order valence-electron chi connectivity index (χ2n) is 33.5. The first-order chi connectivity index (χ1) is 62.6. The zero-order valence-electron chi connectivity index (χ0n) is 74.3. The van der Waals surface area contributed by atoms with Crippen molar-refractivity contribution in [2.24, 2.45) is 0 Å². The Labute approximate surface area is 766 Å². The number of nitrogens with two attached hydrogens (primary N) is 5. The summed E-state index contributed by atoms with van der Waals surface area (Å²) in [6, 6.07) is 49.3. The number of carbonyl (C=O) groups is 4. The first-order valence-electron chi connectivity index (χ1n) is 44.5. The highest BCUT2D eigenvalue weighted by Crippen LogP contribution is 2.52. The van der Waals surface area contributed by atoms with E-state index in [9.17, 15) is 32.3 Å². The van der Waals surface area contributed by atoms with Crippen LogP contribution >= 0.6 is 23.2 Å². The fraction of sp³-hybridized carbons (Fsp3) is 0.367. The van der Waals surface area contributed by atoms with Crippen LogP contribution in [0.1, 0.15) is 153 Å². The lowest BCUT2D eigenvalue weighted by Crippen LogP contribution is -2.27. The maximum Gasteiger partial charge on any atom is 0.417 e. The average Bonchev–Trinajstić information content (AvgIpc) is 1.60. The molecule has 17 rings (SSSR count). The number of fused-ring (bicyclic) bond motifs is 1. The molecule has 6 aromatic heterocycles. The molecule has 6 aromatic carbocycles. The number of nitrogens with zero attached hydrogens (tertiary/aromatic N) is 14. The summed E-state index contributed by atoms with van der Waals surface area (Å²) < 4.78 is 39.7. The van der Waals surface area contributed by atoms with Crippen LogP contribution < -0.4 is 44.6 Å². The Morgan fingerprint density at radius 2 is 0.831 bits per heavy atom. The van der Waals surface area contributed by atoms with Crippen molar-refractivity contribution in [2.45, 2.75) is 162 Å². The molecule has 27 nitrogen and oxygen atoms in total. The van der Waals surface area contributed by atoms with Crippen molar-refractivity contribution < 1.29 is 32.3 Å². The Balaban J connectivity index is 0.000000139. The average molecular weight is 1810 g/mol. The summed E-state index contributed by atoms with van der Waals surface area (Å²) in [4.78, 5) is 100. The van der Waals surface area contributed by atoms with E-state index in [1.807, 2.05) is 88.5 Å². The van der Waals surface area contributed by atoms with Crippen LogP contribution in [-0.4, -0.2) is 170 Å². The SMILES string of the molecule is Cc1ccc(C)c(-c2cc(NCCCN3CCCC3=O)nc(N)n2)c1.Cc1ccc(Cl)cc1-c1cc(NCCCN2CCCC2=O)nc(N)n1.Cc1cccc(-c2cc(CCC3(c4ccc(Cl)cc4)CC3)nc(N)n2)c1C.Nc1nc(CCCCN2CCCC2=O)cc(-c2cccc3[nH]ccc23)n1.Nc1nc(NCCCN2CCCC2=O)cc(-c2ccccc2C(F)(F)F)n1. The highest BCUT2D eigenvalue weighted by Gasteiger charge is 2.44. The first kappa shape index (κ1) is 94.5. The number of amides is 4. The van der Waals surface area contributed by atoms with Crippen molar-refractivity contribution in [1.29, 1.82) is 0 Å². The number of benzene rings is 6. The number of aromatic nitrogens is 11. The minimum absolute atomic E-state index is 0.0511. The Morgan fingerprint density at radius 1 is 0.408 bits per heavy atom. The fourth-order valence-electron chi connectivity index (χ4n) is 16.7. The second kappa shape index (κ2) is 44.3. The number of rotatable bonds is 29. The number of unbranched alkanes of at least 4 members (excludes halogenated alkanes) is 1. The van der Waals surface area contributed by atoms with Gasteiger partial charge in [0, 0.05) is 182 Å².